The first-order valence-corrected chi connectivity index (χ1v) is 10.6. The van der Waals surface area contributed by atoms with E-state index in [9.17, 15) is 9.90 Å². The summed E-state index contributed by atoms with van der Waals surface area (Å²) in [6.45, 7) is -9.72. The van der Waals surface area contributed by atoms with Gasteiger partial charge in [-0.05, 0) is 32.3 Å². The van der Waals surface area contributed by atoms with Crippen molar-refractivity contribution in [2.24, 2.45) is 5.41 Å². The number of carbonyl (C=O) groups excluding carboxylic acids is 1. The van der Waals surface area contributed by atoms with Crippen molar-refractivity contribution in [1.82, 2.24) is 24.8 Å². The molecule has 2 saturated heterocycles. The zero-order valence-corrected chi connectivity index (χ0v) is 17.7. The van der Waals surface area contributed by atoms with E-state index in [1.807, 2.05) is 0 Å². The summed E-state index contributed by atoms with van der Waals surface area (Å²) in [5, 5.41) is 10.1. The lowest BCUT2D eigenvalue weighted by Gasteiger charge is -2.48. The fourth-order valence-corrected chi connectivity index (χ4v) is 4.60. The summed E-state index contributed by atoms with van der Waals surface area (Å²) >= 11 is 0. The Bertz CT molecular complexity index is 1270. The van der Waals surface area contributed by atoms with E-state index in [-0.39, 0.29) is 30.0 Å². The molecule has 1 spiro atoms. The van der Waals surface area contributed by atoms with Gasteiger partial charge < -0.3 is 19.6 Å². The SMILES string of the molecule is [2H]C1([2H])N(c2ncc(O)cc2-c2cnccn2)C([2H])([2H])C([2H])([2H])N(C2CCC3(C2)CN(C(=O)OCC)C3)C1([2H])[2H]. The van der Waals surface area contributed by atoms with E-state index in [0.29, 0.717) is 35.7 Å². The Morgan fingerprint density at radius 2 is 2.06 bits per heavy atom. The minimum Gasteiger partial charge on any atom is -0.506 e. The topological polar surface area (TPSA) is 94.9 Å². The standard InChI is InChI=1S/C23H30N6O3/c1-2-32-22(31)29-15-23(16-29)4-3-17(12-23)27-7-9-28(10-8-27)21-19(11-18(30)13-26-21)20-14-24-5-6-25-20/h5-6,11,13-14,17,30H,2-4,7-10,12,15-16H2,1H3/i7D2,8D2,9D2,10D2. The third-order valence-corrected chi connectivity index (χ3v) is 6.09. The molecule has 1 unspecified atom stereocenters. The Morgan fingerprint density at radius 1 is 1.25 bits per heavy atom. The zero-order chi connectivity index (χ0) is 29.3. The van der Waals surface area contributed by atoms with E-state index in [1.165, 1.54) is 29.6 Å². The van der Waals surface area contributed by atoms with Crippen LogP contribution < -0.4 is 4.90 Å². The average molecular weight is 447 g/mol. The Morgan fingerprint density at radius 3 is 2.78 bits per heavy atom. The lowest BCUT2D eigenvalue weighted by atomic mass is 9.78. The highest BCUT2D eigenvalue weighted by atomic mass is 16.6. The summed E-state index contributed by atoms with van der Waals surface area (Å²) in [6.07, 6.45) is 5.61. The number of rotatable bonds is 4. The minimum atomic E-state index is -3.14. The number of hydrogen-bond acceptors (Lipinski definition) is 8. The fourth-order valence-electron chi connectivity index (χ4n) is 4.60. The number of ether oxygens (including phenoxy) is 1. The molecule has 9 nitrogen and oxygen atoms in total. The molecule has 4 heterocycles. The predicted octanol–water partition coefficient (Wildman–Crippen LogP) is 2.38. The van der Waals surface area contributed by atoms with Crippen LogP contribution in [0.5, 0.6) is 5.75 Å². The Hall–Kier alpha value is -2.94. The molecule has 0 bridgehead atoms. The second kappa shape index (κ2) is 8.54. The van der Waals surface area contributed by atoms with Crippen LogP contribution in [0.25, 0.3) is 11.3 Å². The molecule has 170 valence electrons. The second-order valence-corrected chi connectivity index (χ2v) is 8.26. The number of pyridine rings is 1. The Balaban J connectivity index is 1.53. The normalized spacial score (nSPS) is 32.7. The van der Waals surface area contributed by atoms with Crippen LogP contribution in [0.15, 0.2) is 30.9 Å². The first-order valence-electron chi connectivity index (χ1n) is 14.6. The smallest absolute Gasteiger partial charge is 0.409 e. The number of hydrogen-bond donors (Lipinski definition) is 1. The van der Waals surface area contributed by atoms with Crippen molar-refractivity contribution in [2.45, 2.75) is 32.2 Å². The van der Waals surface area contributed by atoms with Crippen molar-refractivity contribution in [3.05, 3.63) is 30.9 Å². The Labute approximate surface area is 199 Å². The number of aromatic nitrogens is 3. The van der Waals surface area contributed by atoms with E-state index < -0.39 is 49.4 Å². The third kappa shape index (κ3) is 3.97. The number of aromatic hydroxyl groups is 1. The molecule has 3 aliphatic rings. The molecule has 3 fully saturated rings. The lowest BCUT2D eigenvalue weighted by molar-refractivity contribution is -0.00294. The van der Waals surface area contributed by atoms with Gasteiger partial charge in [-0.25, -0.2) is 9.78 Å². The van der Waals surface area contributed by atoms with Crippen LogP contribution in [0, 0.1) is 5.41 Å². The number of piperazine rings is 1. The van der Waals surface area contributed by atoms with Crippen molar-refractivity contribution < 1.29 is 25.6 Å². The molecule has 1 aliphatic carbocycles. The molecule has 1 saturated carbocycles. The van der Waals surface area contributed by atoms with Gasteiger partial charge >= 0.3 is 6.09 Å². The van der Waals surface area contributed by atoms with Crippen molar-refractivity contribution >= 4 is 11.9 Å². The monoisotopic (exact) mass is 446 g/mol. The molecule has 9 heteroatoms. The molecule has 0 aromatic carbocycles. The van der Waals surface area contributed by atoms with E-state index in [0.717, 1.165) is 6.20 Å². The maximum atomic E-state index is 12.1. The lowest BCUT2D eigenvalue weighted by Crippen LogP contribution is -2.58. The fraction of sp³-hybridized carbons (Fsp3) is 0.565. The third-order valence-electron chi connectivity index (χ3n) is 6.09. The zero-order valence-electron chi connectivity index (χ0n) is 25.7. The molecule has 5 rings (SSSR count). The van der Waals surface area contributed by atoms with Gasteiger partial charge in [0.2, 0.25) is 0 Å². The molecule has 2 aliphatic heterocycles. The van der Waals surface area contributed by atoms with E-state index in [4.69, 9.17) is 15.7 Å². The Kier molecular flexibility index (Phi) is 3.62. The molecule has 1 amide bonds. The van der Waals surface area contributed by atoms with Crippen LogP contribution in [-0.2, 0) is 4.74 Å². The van der Waals surface area contributed by atoms with Crippen molar-refractivity contribution in [2.75, 3.05) is 50.6 Å². The van der Waals surface area contributed by atoms with Crippen molar-refractivity contribution in [3.8, 4) is 17.0 Å². The van der Waals surface area contributed by atoms with E-state index >= 15 is 0 Å². The summed E-state index contributed by atoms with van der Waals surface area (Å²) < 4.78 is 76.4. The van der Waals surface area contributed by atoms with E-state index in [1.54, 1.807) is 6.92 Å². The van der Waals surface area contributed by atoms with Gasteiger partial charge in [0.25, 0.3) is 0 Å². The van der Waals surface area contributed by atoms with Crippen molar-refractivity contribution in [1.29, 1.82) is 0 Å². The summed E-state index contributed by atoms with van der Waals surface area (Å²) in [5.41, 5.74) is -0.350. The van der Waals surface area contributed by atoms with E-state index in [2.05, 4.69) is 15.0 Å². The molecule has 2 aromatic rings. The summed E-state index contributed by atoms with van der Waals surface area (Å²) in [5.74, 6) is -0.767. The first kappa shape index (κ1) is 13.6. The number of carbonyl (C=O) groups is 1. The summed E-state index contributed by atoms with van der Waals surface area (Å²) in [4.78, 5) is 26.8. The van der Waals surface area contributed by atoms with Crippen LogP contribution in [-0.4, -0.2) is 87.7 Å². The molecule has 0 radical (unpaired) electrons. The van der Waals surface area contributed by atoms with Gasteiger partial charge in [0, 0.05) is 74.0 Å². The van der Waals surface area contributed by atoms with Crippen molar-refractivity contribution in [3.63, 3.8) is 0 Å². The molecule has 2 aromatic heterocycles. The van der Waals surface area contributed by atoms with Gasteiger partial charge in [0.1, 0.15) is 11.6 Å². The predicted molar refractivity (Wildman–Crippen MR) is 119 cm³/mol. The molecular weight excluding hydrogens is 408 g/mol. The molecule has 32 heavy (non-hydrogen) atoms. The molecular formula is C23H30N6O3. The van der Waals surface area contributed by atoms with Gasteiger partial charge in [-0.15, -0.1) is 0 Å². The van der Waals surface area contributed by atoms with Crippen LogP contribution in [0.4, 0.5) is 10.6 Å². The van der Waals surface area contributed by atoms with Crippen LogP contribution >= 0.6 is 0 Å². The number of anilines is 1. The number of nitrogens with zero attached hydrogens (tertiary/aromatic N) is 6. The molecule has 1 N–H and O–H groups in total. The highest BCUT2D eigenvalue weighted by Gasteiger charge is 2.51. The minimum absolute atomic E-state index is 0.0470. The number of likely N-dealkylation sites (tertiary alicyclic amines) is 1. The maximum absolute atomic E-state index is 12.1. The number of amides is 1. The highest BCUT2D eigenvalue weighted by Crippen LogP contribution is 2.47. The van der Waals surface area contributed by atoms with Crippen LogP contribution in [0.3, 0.4) is 0 Å². The first-order chi connectivity index (χ1) is 18.6. The van der Waals surface area contributed by atoms with Gasteiger partial charge in [0.05, 0.1) is 30.2 Å². The quantitative estimate of drug-likeness (QED) is 0.765. The molecule has 1 atom stereocenters. The maximum Gasteiger partial charge on any atom is 0.409 e. The van der Waals surface area contributed by atoms with Gasteiger partial charge in [-0.2, -0.15) is 0 Å². The van der Waals surface area contributed by atoms with Crippen LogP contribution in [0.2, 0.25) is 0 Å². The summed E-state index contributed by atoms with van der Waals surface area (Å²) in [6, 6.07) is 0.330. The largest absolute Gasteiger partial charge is 0.506 e. The summed E-state index contributed by atoms with van der Waals surface area (Å²) in [7, 11) is 0. The average Bonchev–Trinajstić information content (AvgIpc) is 3.28. The van der Waals surface area contributed by atoms with Crippen LogP contribution in [0.1, 0.15) is 37.2 Å². The van der Waals surface area contributed by atoms with Gasteiger partial charge in [0.15, 0.2) is 0 Å². The van der Waals surface area contributed by atoms with Gasteiger partial charge in [-0.1, -0.05) is 0 Å². The highest BCUT2D eigenvalue weighted by molar-refractivity contribution is 5.74. The second-order valence-electron chi connectivity index (χ2n) is 8.26. The van der Waals surface area contributed by atoms with Gasteiger partial charge in [-0.3, -0.25) is 14.9 Å².